The topological polar surface area (TPSA) is 174 Å². The first-order chi connectivity index (χ1) is 19.4. The number of benzene rings is 1. The predicted octanol–water partition coefficient (Wildman–Crippen LogP) is 3.01. The van der Waals surface area contributed by atoms with Gasteiger partial charge in [-0.05, 0) is 38.5 Å². The molecule has 2 aliphatic rings. The van der Waals surface area contributed by atoms with Gasteiger partial charge in [-0.3, -0.25) is 14.5 Å². The minimum Gasteiger partial charge on any atom is -0.477 e. The highest BCUT2D eigenvalue weighted by atomic mass is 35.5. The summed E-state index contributed by atoms with van der Waals surface area (Å²) in [6.45, 7) is 4.52. The average molecular weight is 640 g/mol. The summed E-state index contributed by atoms with van der Waals surface area (Å²) >= 11 is 9.49. The Morgan fingerprint density at radius 1 is 1.29 bits per heavy atom. The van der Waals surface area contributed by atoms with Crippen molar-refractivity contribution in [2.45, 2.75) is 48.6 Å². The molecule has 0 saturated carbocycles. The summed E-state index contributed by atoms with van der Waals surface area (Å²) in [6, 6.07) is 6.35. The summed E-state index contributed by atoms with van der Waals surface area (Å²) in [7, 11) is 0. The molecule has 1 aromatic carbocycles. The molecule has 0 radical (unpaired) electrons. The molecule has 1 aromatic heterocycles. The molecule has 0 spiro atoms. The zero-order valence-corrected chi connectivity index (χ0v) is 25.3. The van der Waals surface area contributed by atoms with Crippen LogP contribution in [-0.2, 0) is 34.6 Å². The van der Waals surface area contributed by atoms with Crippen LogP contribution in [0.5, 0.6) is 0 Å². The summed E-state index contributed by atoms with van der Waals surface area (Å²) in [5.74, 6) is -2.66. The van der Waals surface area contributed by atoms with E-state index in [4.69, 9.17) is 26.9 Å². The summed E-state index contributed by atoms with van der Waals surface area (Å²) in [5.41, 5.74) is 5.55. The number of rotatable bonds is 10. The highest BCUT2D eigenvalue weighted by Crippen LogP contribution is 2.45. The van der Waals surface area contributed by atoms with Crippen LogP contribution in [0.2, 0.25) is 0 Å². The second kappa shape index (κ2) is 12.7. The summed E-state index contributed by atoms with van der Waals surface area (Å²) < 4.78 is 5.16. The maximum atomic E-state index is 13.2. The Morgan fingerprint density at radius 2 is 2.00 bits per heavy atom. The van der Waals surface area contributed by atoms with Crippen LogP contribution in [0.15, 0.2) is 50.3 Å². The van der Waals surface area contributed by atoms with Gasteiger partial charge in [-0.2, -0.15) is 0 Å². The van der Waals surface area contributed by atoms with E-state index < -0.39 is 47.4 Å². The Hall–Kier alpha value is -3.27. The largest absolute Gasteiger partial charge is 0.477 e. The van der Waals surface area contributed by atoms with E-state index in [1.807, 2.05) is 24.3 Å². The normalized spacial score (nSPS) is 18.9. The van der Waals surface area contributed by atoms with E-state index in [1.165, 1.54) is 33.8 Å². The third-order valence-electron chi connectivity index (χ3n) is 5.48. The number of halogens is 1. The molecule has 3 heterocycles. The average Bonchev–Trinajstić information content (AvgIpc) is 3.34. The van der Waals surface area contributed by atoms with E-state index in [0.29, 0.717) is 16.5 Å². The van der Waals surface area contributed by atoms with Crippen molar-refractivity contribution in [2.75, 3.05) is 18.1 Å². The number of ether oxygens (including phenoxy) is 1. The number of alkyl halides is 1. The van der Waals surface area contributed by atoms with Crippen LogP contribution in [0.4, 0.5) is 5.13 Å². The van der Waals surface area contributed by atoms with Crippen LogP contribution in [0.3, 0.4) is 0 Å². The molecule has 1 saturated heterocycles. The van der Waals surface area contributed by atoms with Gasteiger partial charge in [0.2, 0.25) is 6.61 Å². The van der Waals surface area contributed by atoms with Crippen LogP contribution in [0, 0.1) is 0 Å². The highest BCUT2D eigenvalue weighted by Gasteiger charge is 2.54. The van der Waals surface area contributed by atoms with Crippen molar-refractivity contribution in [3.05, 3.63) is 51.5 Å². The minimum absolute atomic E-state index is 0.0825. The first kappa shape index (κ1) is 30.7. The van der Waals surface area contributed by atoms with Crippen LogP contribution in [-0.4, -0.2) is 73.8 Å². The van der Waals surface area contributed by atoms with Crippen molar-refractivity contribution in [1.82, 2.24) is 15.2 Å². The number of esters is 1. The Bertz CT molecular complexity index is 1420. The maximum absolute atomic E-state index is 13.2. The van der Waals surface area contributed by atoms with E-state index >= 15 is 0 Å². The number of carbonyl (C=O) groups excluding carboxylic acids is 3. The quantitative estimate of drug-likeness (QED) is 0.115. The van der Waals surface area contributed by atoms with Gasteiger partial charge < -0.3 is 25.7 Å². The van der Waals surface area contributed by atoms with E-state index in [9.17, 15) is 24.3 Å². The molecule has 0 bridgehead atoms. The van der Waals surface area contributed by atoms with Crippen LogP contribution < -0.4 is 11.1 Å². The van der Waals surface area contributed by atoms with E-state index in [-0.39, 0.29) is 22.2 Å². The number of thioether (sulfide) groups is 2. The maximum Gasteiger partial charge on any atom is 0.353 e. The number of hydrogen-bond donors (Lipinski definition) is 3. The fourth-order valence-electron chi connectivity index (χ4n) is 3.79. The fourth-order valence-corrected chi connectivity index (χ4v) is 6.99. The third kappa shape index (κ3) is 7.33. The van der Waals surface area contributed by atoms with Gasteiger partial charge in [0.05, 0.1) is 0 Å². The smallest absolute Gasteiger partial charge is 0.353 e. The Labute approximate surface area is 252 Å². The number of aromatic nitrogens is 1. The molecule has 12 nitrogen and oxygen atoms in total. The number of nitrogens with two attached hydrogens (primary N) is 1. The van der Waals surface area contributed by atoms with Crippen molar-refractivity contribution < 1.29 is 33.9 Å². The van der Waals surface area contributed by atoms with Gasteiger partial charge in [0.15, 0.2) is 10.8 Å². The Kier molecular flexibility index (Phi) is 9.51. The van der Waals surface area contributed by atoms with Crippen LogP contribution in [0.25, 0.3) is 0 Å². The van der Waals surface area contributed by atoms with E-state index in [2.05, 4.69) is 15.5 Å². The van der Waals surface area contributed by atoms with Crippen molar-refractivity contribution in [1.29, 1.82) is 0 Å². The van der Waals surface area contributed by atoms with Crippen molar-refractivity contribution in [3.63, 3.8) is 0 Å². The summed E-state index contributed by atoms with van der Waals surface area (Å²) in [4.78, 5) is 62.1. The first-order valence-electron chi connectivity index (χ1n) is 12.1. The number of β-lactam (4-membered cyclic amide) rings is 1. The van der Waals surface area contributed by atoms with Crippen molar-refractivity contribution in [3.8, 4) is 0 Å². The van der Waals surface area contributed by atoms with Gasteiger partial charge in [0, 0.05) is 26.8 Å². The molecule has 2 aliphatic heterocycles. The molecule has 41 heavy (non-hydrogen) atoms. The number of amides is 2. The zero-order valence-electron chi connectivity index (χ0n) is 22.1. The molecular weight excluding hydrogens is 614 g/mol. The fraction of sp³-hybridized carbons (Fsp3) is 0.360. The number of carboxylic acid groups (broad SMARTS) is 1. The molecule has 16 heteroatoms. The summed E-state index contributed by atoms with van der Waals surface area (Å²) in [5, 5.41) is 17.3. The third-order valence-corrected chi connectivity index (χ3v) is 9.02. The van der Waals surface area contributed by atoms with Gasteiger partial charge >= 0.3 is 11.9 Å². The number of nitrogen functional groups attached to an aromatic ring is 1. The SMILES string of the molecule is CC(C)(C)OC(=O)CO/N=C(/C(=O)N[C@@H]1C(=O)N2C(C(=O)O)=C(Sc3ccc(CCl)cc3)CS[C@H]12)c1csc(N)n1. The molecule has 2 atom stereocenters. The van der Waals surface area contributed by atoms with Gasteiger partial charge in [-0.1, -0.05) is 29.1 Å². The number of thiazole rings is 1. The zero-order chi connectivity index (χ0) is 29.9. The Morgan fingerprint density at radius 3 is 2.59 bits per heavy atom. The summed E-state index contributed by atoms with van der Waals surface area (Å²) in [6.07, 6.45) is 0. The molecule has 0 unspecified atom stereocenters. The molecular formula is C25H26ClN5O7S3. The molecule has 0 aliphatic carbocycles. The molecule has 4 N–H and O–H groups in total. The number of oxime groups is 1. The molecule has 4 rings (SSSR count). The predicted molar refractivity (Wildman–Crippen MR) is 156 cm³/mol. The number of fused-ring (bicyclic) bond motifs is 1. The van der Waals surface area contributed by atoms with Gasteiger partial charge in [-0.15, -0.1) is 34.7 Å². The first-order valence-corrected chi connectivity index (χ1v) is 15.3. The van der Waals surface area contributed by atoms with Crippen LogP contribution in [0.1, 0.15) is 32.0 Å². The monoisotopic (exact) mass is 639 g/mol. The lowest BCUT2D eigenvalue weighted by Crippen LogP contribution is -2.71. The highest BCUT2D eigenvalue weighted by molar-refractivity contribution is 8.06. The lowest BCUT2D eigenvalue weighted by molar-refractivity contribution is -0.160. The van der Waals surface area contributed by atoms with Gasteiger partial charge in [0.1, 0.15) is 28.4 Å². The molecule has 2 aromatic rings. The van der Waals surface area contributed by atoms with Gasteiger partial charge in [0.25, 0.3) is 11.8 Å². The molecule has 218 valence electrons. The van der Waals surface area contributed by atoms with Crippen molar-refractivity contribution in [2.24, 2.45) is 5.16 Å². The standard InChI is InChI=1S/C25H26ClN5O7S3/c1-25(2,3)38-16(32)9-37-30-17(14-10-40-24(27)28-14)20(33)29-18-21(34)31-19(23(35)36)15(11-39-22(18)31)41-13-6-4-12(8-26)5-7-13/h4-7,10,18,22H,8-9,11H2,1-3H3,(H2,27,28)(H,29,33)(H,35,36)/b30-17+/t18-,22-/m1/s1. The van der Waals surface area contributed by atoms with E-state index in [0.717, 1.165) is 21.8 Å². The Balaban J connectivity index is 1.48. The number of carboxylic acids is 1. The number of hydrogen-bond acceptors (Lipinski definition) is 12. The number of nitrogens with one attached hydrogen (secondary N) is 1. The van der Waals surface area contributed by atoms with E-state index in [1.54, 1.807) is 20.8 Å². The second-order valence-electron chi connectivity index (χ2n) is 9.69. The van der Waals surface area contributed by atoms with Gasteiger partial charge in [-0.25, -0.2) is 14.6 Å². The minimum atomic E-state index is -1.25. The number of carbonyl (C=O) groups is 4. The second-order valence-corrected chi connectivity index (χ2v) is 13.1. The van der Waals surface area contributed by atoms with Crippen LogP contribution >= 0.6 is 46.5 Å². The molecule has 1 fully saturated rings. The number of anilines is 1. The lowest BCUT2D eigenvalue weighted by Gasteiger charge is -2.49. The lowest BCUT2D eigenvalue weighted by atomic mass is 10.0. The number of nitrogens with zero attached hydrogens (tertiary/aromatic N) is 3. The molecule has 2 amide bonds. The number of aliphatic carboxylic acids is 1. The van der Waals surface area contributed by atoms with Crippen molar-refractivity contribution >= 4 is 81.1 Å².